The Morgan fingerprint density at radius 1 is 1.42 bits per heavy atom. The molecule has 2 amide bonds. The molecule has 1 aromatic carbocycles. The predicted octanol–water partition coefficient (Wildman–Crippen LogP) is 2.51. The number of nitrogens with one attached hydrogen (secondary N) is 1. The monoisotopic (exact) mass is 350 g/mol. The predicted molar refractivity (Wildman–Crippen MR) is 94.0 cm³/mol. The lowest BCUT2D eigenvalue weighted by atomic mass is 10.0. The van der Waals surface area contributed by atoms with Gasteiger partial charge in [-0.2, -0.15) is 0 Å². The minimum atomic E-state index is -0.915. The number of amides is 2. The number of hydrogen-bond donors (Lipinski definition) is 2. The highest BCUT2D eigenvalue weighted by Gasteiger charge is 2.34. The minimum Gasteiger partial charge on any atom is -0.481 e. The number of anilines is 1. The van der Waals surface area contributed by atoms with E-state index in [-0.39, 0.29) is 11.8 Å². The van der Waals surface area contributed by atoms with Crippen LogP contribution in [0.5, 0.6) is 0 Å². The summed E-state index contributed by atoms with van der Waals surface area (Å²) >= 11 is 1.56. The van der Waals surface area contributed by atoms with Crippen molar-refractivity contribution in [1.82, 2.24) is 4.90 Å². The second-order valence-corrected chi connectivity index (χ2v) is 6.80. The van der Waals surface area contributed by atoms with Gasteiger partial charge in [0, 0.05) is 17.9 Å². The van der Waals surface area contributed by atoms with Gasteiger partial charge in [0.2, 0.25) is 11.8 Å². The number of rotatable bonds is 6. The van der Waals surface area contributed by atoms with Crippen molar-refractivity contribution in [3.05, 3.63) is 29.8 Å². The van der Waals surface area contributed by atoms with Crippen molar-refractivity contribution < 1.29 is 19.5 Å². The van der Waals surface area contributed by atoms with Crippen LogP contribution in [0, 0.1) is 0 Å². The zero-order valence-corrected chi connectivity index (χ0v) is 14.6. The third kappa shape index (κ3) is 4.29. The maximum atomic E-state index is 12.5. The van der Waals surface area contributed by atoms with Gasteiger partial charge in [-0.3, -0.25) is 14.4 Å². The smallest absolute Gasteiger partial charge is 0.310 e. The van der Waals surface area contributed by atoms with E-state index in [1.54, 1.807) is 47.9 Å². The summed E-state index contributed by atoms with van der Waals surface area (Å²) in [6.45, 7) is 3.54. The van der Waals surface area contributed by atoms with Crippen LogP contribution in [-0.4, -0.2) is 45.5 Å². The summed E-state index contributed by atoms with van der Waals surface area (Å²) < 4.78 is 0. The highest BCUT2D eigenvalue weighted by atomic mass is 32.2. The van der Waals surface area contributed by atoms with Crippen molar-refractivity contribution in [2.45, 2.75) is 38.6 Å². The molecule has 0 radical (unpaired) electrons. The zero-order chi connectivity index (χ0) is 17.7. The van der Waals surface area contributed by atoms with Crippen LogP contribution in [0.2, 0.25) is 0 Å². The summed E-state index contributed by atoms with van der Waals surface area (Å²) in [7, 11) is 0. The Kier molecular flexibility index (Phi) is 6.25. The highest BCUT2D eigenvalue weighted by molar-refractivity contribution is 7.99. The first-order valence-corrected chi connectivity index (χ1v) is 9.10. The van der Waals surface area contributed by atoms with E-state index in [4.69, 9.17) is 5.11 Å². The van der Waals surface area contributed by atoms with Crippen LogP contribution in [0.4, 0.5) is 5.69 Å². The zero-order valence-electron chi connectivity index (χ0n) is 13.8. The molecule has 1 aliphatic rings. The quantitative estimate of drug-likeness (QED) is 0.823. The lowest BCUT2D eigenvalue weighted by molar-refractivity contribution is -0.138. The van der Waals surface area contributed by atoms with Crippen molar-refractivity contribution in [1.29, 1.82) is 0 Å². The topological polar surface area (TPSA) is 86.7 Å². The summed E-state index contributed by atoms with van der Waals surface area (Å²) in [6.07, 6.45) is 1.19. The normalized spacial score (nSPS) is 18.2. The molecule has 0 aliphatic carbocycles. The van der Waals surface area contributed by atoms with Gasteiger partial charge in [-0.05, 0) is 31.0 Å². The lowest BCUT2D eigenvalue weighted by Crippen LogP contribution is -2.44. The molecule has 1 heterocycles. The number of carboxylic acids is 1. The Morgan fingerprint density at radius 3 is 2.83 bits per heavy atom. The molecule has 2 rings (SSSR count). The average molecular weight is 350 g/mol. The first-order chi connectivity index (χ1) is 11.4. The van der Waals surface area contributed by atoms with Crippen molar-refractivity contribution in [2.24, 2.45) is 0 Å². The molecule has 1 saturated heterocycles. The Labute approximate surface area is 145 Å². The van der Waals surface area contributed by atoms with Crippen LogP contribution >= 0.6 is 11.8 Å². The number of carbonyl (C=O) groups excluding carboxylic acids is 2. The molecule has 6 nitrogen and oxygen atoms in total. The van der Waals surface area contributed by atoms with E-state index in [1.165, 1.54) is 0 Å². The fourth-order valence-corrected chi connectivity index (χ4v) is 3.70. The first kappa shape index (κ1) is 18.3. The molecule has 24 heavy (non-hydrogen) atoms. The first-order valence-electron chi connectivity index (χ1n) is 7.95. The Bertz CT molecular complexity index is 635. The van der Waals surface area contributed by atoms with E-state index >= 15 is 0 Å². The summed E-state index contributed by atoms with van der Waals surface area (Å²) in [4.78, 5) is 37.3. The number of benzene rings is 1. The molecule has 1 aromatic rings. The maximum Gasteiger partial charge on any atom is 0.310 e. The van der Waals surface area contributed by atoms with E-state index in [9.17, 15) is 14.4 Å². The van der Waals surface area contributed by atoms with Gasteiger partial charge in [0.15, 0.2) is 0 Å². The summed E-state index contributed by atoms with van der Waals surface area (Å²) in [5.41, 5.74) is 1.17. The number of hydrogen-bond acceptors (Lipinski definition) is 4. The molecule has 2 N–H and O–H groups in total. The van der Waals surface area contributed by atoms with Crippen LogP contribution in [0.3, 0.4) is 0 Å². The third-order valence-corrected chi connectivity index (χ3v) is 5.01. The van der Waals surface area contributed by atoms with Gasteiger partial charge >= 0.3 is 5.97 Å². The number of nitrogens with zero attached hydrogens (tertiary/aromatic N) is 1. The molecular weight excluding hydrogens is 328 g/mol. The Hall–Kier alpha value is -2.02. The molecule has 130 valence electrons. The number of carbonyl (C=O) groups is 3. The van der Waals surface area contributed by atoms with E-state index < -0.39 is 17.9 Å². The largest absolute Gasteiger partial charge is 0.481 e. The number of thioether (sulfide) groups is 1. The van der Waals surface area contributed by atoms with Gasteiger partial charge in [-0.25, -0.2) is 0 Å². The second-order valence-electron chi connectivity index (χ2n) is 5.80. The molecule has 2 unspecified atom stereocenters. The van der Waals surface area contributed by atoms with Crippen molar-refractivity contribution in [3.63, 3.8) is 0 Å². The lowest BCUT2D eigenvalue weighted by Gasteiger charge is -2.23. The van der Waals surface area contributed by atoms with Gasteiger partial charge in [0.25, 0.3) is 0 Å². The minimum absolute atomic E-state index is 0.00380. The molecule has 1 fully saturated rings. The van der Waals surface area contributed by atoms with Gasteiger partial charge < -0.3 is 15.3 Å². The molecule has 0 saturated carbocycles. The fraction of sp³-hybridized carbons (Fsp3) is 0.471. The maximum absolute atomic E-state index is 12.5. The highest BCUT2D eigenvalue weighted by Crippen LogP contribution is 2.24. The van der Waals surface area contributed by atoms with Gasteiger partial charge in [0.05, 0.1) is 11.8 Å². The molecule has 1 aliphatic heterocycles. The Balaban J connectivity index is 2.07. The van der Waals surface area contributed by atoms with Crippen molar-refractivity contribution in [3.8, 4) is 0 Å². The molecule has 2 atom stereocenters. The van der Waals surface area contributed by atoms with E-state index in [0.29, 0.717) is 29.3 Å². The van der Waals surface area contributed by atoms with Crippen LogP contribution in [-0.2, 0) is 14.4 Å². The van der Waals surface area contributed by atoms with E-state index in [0.717, 1.165) is 6.42 Å². The second kappa shape index (κ2) is 8.19. The number of aliphatic carboxylic acids is 1. The third-order valence-electron chi connectivity index (χ3n) is 3.99. The van der Waals surface area contributed by atoms with Crippen molar-refractivity contribution >= 4 is 35.2 Å². The fourth-order valence-electron chi connectivity index (χ4n) is 2.52. The standard InChI is InChI=1S/C17H22N2O4S/c1-3-5-15(20)19-10-24-9-14(19)16(21)18-13-7-4-6-12(8-13)11(2)17(22)23/h4,6-8,11,14H,3,5,9-10H2,1-2H3,(H,18,21)(H,22,23). The Morgan fingerprint density at radius 2 is 2.17 bits per heavy atom. The van der Waals surface area contributed by atoms with Crippen LogP contribution in [0.25, 0.3) is 0 Å². The average Bonchev–Trinajstić information content (AvgIpc) is 3.04. The van der Waals surface area contributed by atoms with Gasteiger partial charge in [-0.15, -0.1) is 11.8 Å². The van der Waals surface area contributed by atoms with Crippen molar-refractivity contribution in [2.75, 3.05) is 16.9 Å². The van der Waals surface area contributed by atoms with E-state index in [1.807, 2.05) is 6.92 Å². The molecule has 0 aromatic heterocycles. The van der Waals surface area contributed by atoms with E-state index in [2.05, 4.69) is 5.32 Å². The molecule has 0 bridgehead atoms. The van der Waals surface area contributed by atoms with Crippen LogP contribution < -0.4 is 5.32 Å². The SMILES string of the molecule is CCCC(=O)N1CSCC1C(=O)Nc1cccc(C(C)C(=O)O)c1. The van der Waals surface area contributed by atoms with Gasteiger partial charge in [-0.1, -0.05) is 19.1 Å². The van der Waals surface area contributed by atoms with Crippen LogP contribution in [0.1, 0.15) is 38.2 Å². The molecule has 0 spiro atoms. The summed E-state index contributed by atoms with van der Waals surface area (Å²) in [5.74, 6) is -0.687. The molecule has 7 heteroatoms. The van der Waals surface area contributed by atoms with Crippen LogP contribution in [0.15, 0.2) is 24.3 Å². The van der Waals surface area contributed by atoms with Gasteiger partial charge in [0.1, 0.15) is 6.04 Å². The number of carboxylic acid groups (broad SMARTS) is 1. The molecular formula is C17H22N2O4S. The summed E-state index contributed by atoms with van der Waals surface area (Å²) in [5, 5.41) is 11.9. The summed E-state index contributed by atoms with van der Waals surface area (Å²) in [6, 6.07) is 6.34.